The molecule has 0 aliphatic carbocycles. The number of hydrogen-bond donors (Lipinski definition) is 2. The molecule has 0 saturated carbocycles. The van der Waals surface area contributed by atoms with Crippen LogP contribution in [-0.2, 0) is 16.0 Å². The molecule has 0 unspecified atom stereocenters. The van der Waals surface area contributed by atoms with E-state index in [1.54, 1.807) is 28.1 Å². The molecule has 1 aromatic rings. The maximum Gasteiger partial charge on any atom is 0.239 e. The molecule has 2 N–H and O–H groups in total. The molecule has 0 aliphatic heterocycles. The normalized spacial score (nSPS) is 10.2. The van der Waals surface area contributed by atoms with E-state index in [2.05, 4.69) is 10.6 Å². The van der Waals surface area contributed by atoms with Gasteiger partial charge in [-0.3, -0.25) is 9.59 Å². The minimum atomic E-state index is -0.200. The van der Waals surface area contributed by atoms with Crippen molar-refractivity contribution in [2.75, 3.05) is 27.3 Å². The van der Waals surface area contributed by atoms with E-state index in [4.69, 9.17) is 9.47 Å². The molecule has 0 heterocycles. The molecule has 2 amide bonds. The summed E-state index contributed by atoms with van der Waals surface area (Å²) in [7, 11) is 3.17. The number of rotatable bonds is 8. The first-order chi connectivity index (χ1) is 10.5. The lowest BCUT2D eigenvalue weighted by atomic mass is 10.1. The van der Waals surface area contributed by atoms with Gasteiger partial charge < -0.3 is 20.1 Å². The minimum Gasteiger partial charge on any atom is -0.493 e. The Hall–Kier alpha value is -2.24. The Morgan fingerprint density at radius 3 is 2.36 bits per heavy atom. The SMILES string of the molecule is COc1ccc(CCNC(=O)CNC(=O)C(C)C)cc1OC. The second kappa shape index (κ2) is 8.92. The van der Waals surface area contributed by atoms with Gasteiger partial charge in [0.25, 0.3) is 0 Å². The van der Waals surface area contributed by atoms with Crippen LogP contribution in [0.5, 0.6) is 11.5 Å². The molecular weight excluding hydrogens is 284 g/mol. The molecule has 0 saturated heterocycles. The zero-order chi connectivity index (χ0) is 16.5. The van der Waals surface area contributed by atoms with Crippen LogP contribution >= 0.6 is 0 Å². The summed E-state index contributed by atoms with van der Waals surface area (Å²) >= 11 is 0. The monoisotopic (exact) mass is 308 g/mol. The zero-order valence-corrected chi connectivity index (χ0v) is 13.6. The van der Waals surface area contributed by atoms with Gasteiger partial charge in [0.05, 0.1) is 20.8 Å². The maximum absolute atomic E-state index is 11.6. The van der Waals surface area contributed by atoms with Crippen molar-refractivity contribution >= 4 is 11.8 Å². The van der Waals surface area contributed by atoms with Crippen LogP contribution in [0.4, 0.5) is 0 Å². The van der Waals surface area contributed by atoms with Gasteiger partial charge in [0.1, 0.15) is 0 Å². The lowest BCUT2D eigenvalue weighted by Crippen LogP contribution is -2.39. The van der Waals surface area contributed by atoms with E-state index in [1.165, 1.54) is 0 Å². The van der Waals surface area contributed by atoms with Gasteiger partial charge in [-0.2, -0.15) is 0 Å². The fraction of sp³-hybridized carbons (Fsp3) is 0.500. The second-order valence-corrected chi connectivity index (χ2v) is 5.16. The predicted molar refractivity (Wildman–Crippen MR) is 84.1 cm³/mol. The van der Waals surface area contributed by atoms with Crippen LogP contribution in [0.1, 0.15) is 19.4 Å². The van der Waals surface area contributed by atoms with Gasteiger partial charge in [0, 0.05) is 12.5 Å². The van der Waals surface area contributed by atoms with Gasteiger partial charge in [-0.1, -0.05) is 19.9 Å². The lowest BCUT2D eigenvalue weighted by molar-refractivity contribution is -0.127. The Morgan fingerprint density at radius 1 is 1.09 bits per heavy atom. The van der Waals surface area contributed by atoms with Gasteiger partial charge in [0.15, 0.2) is 11.5 Å². The third-order valence-electron chi connectivity index (χ3n) is 3.13. The van der Waals surface area contributed by atoms with E-state index >= 15 is 0 Å². The quantitative estimate of drug-likeness (QED) is 0.755. The summed E-state index contributed by atoms with van der Waals surface area (Å²) in [6, 6.07) is 5.64. The molecule has 0 fully saturated rings. The highest BCUT2D eigenvalue weighted by Gasteiger charge is 2.09. The summed E-state index contributed by atoms with van der Waals surface area (Å²) in [5.41, 5.74) is 1.03. The van der Waals surface area contributed by atoms with Gasteiger partial charge in [-0.15, -0.1) is 0 Å². The first-order valence-electron chi connectivity index (χ1n) is 7.23. The molecule has 122 valence electrons. The number of nitrogens with one attached hydrogen (secondary N) is 2. The molecule has 6 nitrogen and oxygen atoms in total. The number of ether oxygens (including phenoxy) is 2. The van der Waals surface area contributed by atoms with E-state index in [-0.39, 0.29) is 24.3 Å². The number of methoxy groups -OCH3 is 2. The number of carbonyl (C=O) groups excluding carboxylic acids is 2. The Balaban J connectivity index is 2.38. The van der Waals surface area contributed by atoms with E-state index < -0.39 is 0 Å². The van der Waals surface area contributed by atoms with Gasteiger partial charge in [-0.05, 0) is 24.1 Å². The highest BCUT2D eigenvalue weighted by atomic mass is 16.5. The summed E-state index contributed by atoms with van der Waals surface area (Å²) in [4.78, 5) is 23.0. The first-order valence-corrected chi connectivity index (χ1v) is 7.23. The van der Waals surface area contributed by atoms with Gasteiger partial charge in [-0.25, -0.2) is 0 Å². The van der Waals surface area contributed by atoms with E-state index in [1.807, 2.05) is 18.2 Å². The molecule has 0 bridgehead atoms. The fourth-order valence-electron chi connectivity index (χ4n) is 1.82. The first kappa shape index (κ1) is 17.8. The number of amides is 2. The topological polar surface area (TPSA) is 76.7 Å². The average molecular weight is 308 g/mol. The van der Waals surface area contributed by atoms with E-state index in [0.717, 1.165) is 5.56 Å². The number of benzene rings is 1. The largest absolute Gasteiger partial charge is 0.493 e. The Morgan fingerprint density at radius 2 is 1.77 bits per heavy atom. The van der Waals surface area contributed by atoms with Crippen molar-refractivity contribution in [3.8, 4) is 11.5 Å². The van der Waals surface area contributed by atoms with E-state index in [9.17, 15) is 9.59 Å². The highest BCUT2D eigenvalue weighted by Crippen LogP contribution is 2.27. The minimum absolute atomic E-state index is 0.00292. The van der Waals surface area contributed by atoms with Crippen LogP contribution in [0.15, 0.2) is 18.2 Å². The smallest absolute Gasteiger partial charge is 0.239 e. The Labute approximate surface area is 131 Å². The van der Waals surface area contributed by atoms with Crippen molar-refractivity contribution in [1.82, 2.24) is 10.6 Å². The Bertz CT molecular complexity index is 515. The molecule has 0 atom stereocenters. The van der Waals surface area contributed by atoms with Crippen molar-refractivity contribution in [1.29, 1.82) is 0 Å². The molecule has 0 spiro atoms. The molecule has 6 heteroatoms. The van der Waals surface area contributed by atoms with Crippen LogP contribution in [-0.4, -0.2) is 39.1 Å². The van der Waals surface area contributed by atoms with Crippen LogP contribution in [0, 0.1) is 5.92 Å². The molecule has 0 aliphatic rings. The van der Waals surface area contributed by atoms with Crippen molar-refractivity contribution in [2.24, 2.45) is 5.92 Å². The van der Waals surface area contributed by atoms with Gasteiger partial charge in [0.2, 0.25) is 11.8 Å². The van der Waals surface area contributed by atoms with Crippen LogP contribution in [0.3, 0.4) is 0 Å². The molecule has 1 rings (SSSR count). The van der Waals surface area contributed by atoms with Crippen molar-refractivity contribution < 1.29 is 19.1 Å². The Kier molecular flexibility index (Phi) is 7.22. The molecule has 0 aromatic heterocycles. The summed E-state index contributed by atoms with van der Waals surface area (Å²) in [5.74, 6) is 0.881. The molecular formula is C16H24N2O4. The molecule has 1 aromatic carbocycles. The fourth-order valence-corrected chi connectivity index (χ4v) is 1.82. The van der Waals surface area contributed by atoms with Gasteiger partial charge >= 0.3 is 0 Å². The summed E-state index contributed by atoms with van der Waals surface area (Å²) in [5, 5.41) is 5.34. The number of carbonyl (C=O) groups is 2. The molecule has 0 radical (unpaired) electrons. The van der Waals surface area contributed by atoms with Crippen molar-refractivity contribution in [3.63, 3.8) is 0 Å². The third-order valence-corrected chi connectivity index (χ3v) is 3.13. The summed E-state index contributed by atoms with van der Waals surface area (Å²) in [6.45, 7) is 4.06. The van der Waals surface area contributed by atoms with Crippen molar-refractivity contribution in [3.05, 3.63) is 23.8 Å². The van der Waals surface area contributed by atoms with Crippen LogP contribution in [0.2, 0.25) is 0 Å². The maximum atomic E-state index is 11.6. The van der Waals surface area contributed by atoms with Crippen LogP contribution in [0.25, 0.3) is 0 Å². The third kappa shape index (κ3) is 5.63. The van der Waals surface area contributed by atoms with Crippen molar-refractivity contribution in [2.45, 2.75) is 20.3 Å². The summed E-state index contributed by atoms with van der Waals surface area (Å²) < 4.78 is 10.4. The molecule has 22 heavy (non-hydrogen) atoms. The summed E-state index contributed by atoms with van der Waals surface area (Å²) in [6.07, 6.45) is 0.671. The van der Waals surface area contributed by atoms with Crippen LogP contribution < -0.4 is 20.1 Å². The average Bonchev–Trinajstić information content (AvgIpc) is 2.52. The highest BCUT2D eigenvalue weighted by molar-refractivity contribution is 5.85. The standard InChI is InChI=1S/C16H24N2O4/c1-11(2)16(20)18-10-15(19)17-8-7-12-5-6-13(21-3)14(9-12)22-4/h5-6,9,11H,7-8,10H2,1-4H3,(H,17,19)(H,18,20). The lowest BCUT2D eigenvalue weighted by Gasteiger charge is -2.11. The second-order valence-electron chi connectivity index (χ2n) is 5.16. The predicted octanol–water partition coefficient (Wildman–Crippen LogP) is 1.13. The zero-order valence-electron chi connectivity index (χ0n) is 13.6. The number of hydrogen-bond acceptors (Lipinski definition) is 4. The van der Waals surface area contributed by atoms with E-state index in [0.29, 0.717) is 24.5 Å².